The number of aryl methyl sites for hydroxylation is 2. The van der Waals surface area contributed by atoms with Gasteiger partial charge in [0.05, 0.1) is 6.42 Å². The van der Waals surface area contributed by atoms with E-state index < -0.39 is 6.04 Å². The van der Waals surface area contributed by atoms with E-state index in [2.05, 4.69) is 10.6 Å². The summed E-state index contributed by atoms with van der Waals surface area (Å²) in [7, 11) is 0. The van der Waals surface area contributed by atoms with Gasteiger partial charge in [0.15, 0.2) is 0 Å². The molecule has 0 spiro atoms. The normalized spacial score (nSPS) is 19.8. The lowest BCUT2D eigenvalue weighted by molar-refractivity contribution is -0.124. The second-order valence-corrected chi connectivity index (χ2v) is 4.13. The van der Waals surface area contributed by atoms with Gasteiger partial charge in [-0.2, -0.15) is 0 Å². The molecule has 2 N–H and O–H groups in total. The van der Waals surface area contributed by atoms with Gasteiger partial charge in [-0.05, 0) is 25.5 Å². The van der Waals surface area contributed by atoms with Crippen molar-refractivity contribution in [3.05, 3.63) is 29.3 Å². The standard InChI is InChI=1S/C12H14N2O2/c1-7-3-4-9(8(2)5-7)13-10-6-11(15)14-12(10)16/h3-5,10,13H,6H2,1-2H3,(H,14,15,16). The summed E-state index contributed by atoms with van der Waals surface area (Å²) in [5.41, 5.74) is 3.16. The molecule has 0 saturated carbocycles. The van der Waals surface area contributed by atoms with Gasteiger partial charge in [-0.15, -0.1) is 0 Å². The zero-order chi connectivity index (χ0) is 11.7. The SMILES string of the molecule is Cc1ccc(NC2CC(=O)NC2=O)c(C)c1. The zero-order valence-corrected chi connectivity index (χ0v) is 9.33. The Labute approximate surface area is 94.0 Å². The lowest BCUT2D eigenvalue weighted by Crippen LogP contribution is -2.30. The minimum absolute atomic E-state index is 0.214. The number of hydrogen-bond acceptors (Lipinski definition) is 3. The predicted octanol–water partition coefficient (Wildman–Crippen LogP) is 1.13. The Morgan fingerprint density at radius 1 is 1.31 bits per heavy atom. The van der Waals surface area contributed by atoms with E-state index in [1.54, 1.807) is 0 Å². The van der Waals surface area contributed by atoms with Gasteiger partial charge in [0.2, 0.25) is 11.8 Å². The fraction of sp³-hybridized carbons (Fsp3) is 0.333. The topological polar surface area (TPSA) is 58.2 Å². The van der Waals surface area contributed by atoms with Crippen LogP contribution in [0.1, 0.15) is 17.5 Å². The summed E-state index contributed by atoms with van der Waals surface area (Å²) in [4.78, 5) is 22.4. The molecule has 1 heterocycles. The maximum Gasteiger partial charge on any atom is 0.249 e. The van der Waals surface area contributed by atoms with Crippen molar-refractivity contribution in [3.8, 4) is 0 Å². The van der Waals surface area contributed by atoms with Crippen LogP contribution in [0.2, 0.25) is 0 Å². The van der Waals surface area contributed by atoms with Crippen LogP contribution in [0, 0.1) is 13.8 Å². The molecule has 0 aromatic heterocycles. The summed E-state index contributed by atoms with van der Waals surface area (Å²) in [5.74, 6) is -0.461. The van der Waals surface area contributed by atoms with Gasteiger partial charge in [-0.3, -0.25) is 14.9 Å². The molecule has 0 bridgehead atoms. The maximum atomic E-state index is 11.4. The molecule has 2 amide bonds. The van der Waals surface area contributed by atoms with E-state index in [1.165, 1.54) is 5.56 Å². The molecule has 1 unspecified atom stereocenters. The molecule has 84 valence electrons. The first kappa shape index (κ1) is 10.7. The van der Waals surface area contributed by atoms with E-state index >= 15 is 0 Å². The summed E-state index contributed by atoms with van der Waals surface area (Å²) in [6.45, 7) is 3.99. The molecule has 1 aromatic carbocycles. The third-order valence-electron chi connectivity index (χ3n) is 2.68. The summed E-state index contributed by atoms with van der Waals surface area (Å²) in [5, 5.41) is 5.36. The molecule has 4 nitrogen and oxygen atoms in total. The van der Waals surface area contributed by atoms with Crippen molar-refractivity contribution in [3.63, 3.8) is 0 Å². The average Bonchev–Trinajstić information content (AvgIpc) is 2.50. The lowest BCUT2D eigenvalue weighted by atomic mass is 10.1. The molecule has 0 aliphatic carbocycles. The molecular weight excluding hydrogens is 204 g/mol. The number of amides is 2. The smallest absolute Gasteiger partial charge is 0.249 e. The highest BCUT2D eigenvalue weighted by Crippen LogP contribution is 2.18. The first-order valence-corrected chi connectivity index (χ1v) is 5.24. The Kier molecular flexibility index (Phi) is 2.64. The molecule has 2 rings (SSSR count). The monoisotopic (exact) mass is 218 g/mol. The molecule has 1 atom stereocenters. The number of carbonyl (C=O) groups is 2. The number of benzene rings is 1. The average molecular weight is 218 g/mol. The van der Waals surface area contributed by atoms with Gasteiger partial charge in [0.1, 0.15) is 6.04 Å². The van der Waals surface area contributed by atoms with Crippen LogP contribution in [0.5, 0.6) is 0 Å². The van der Waals surface area contributed by atoms with Crippen LogP contribution in [0.3, 0.4) is 0 Å². The number of hydrogen-bond donors (Lipinski definition) is 2. The van der Waals surface area contributed by atoms with E-state index in [9.17, 15) is 9.59 Å². The van der Waals surface area contributed by atoms with Crippen LogP contribution in [0.25, 0.3) is 0 Å². The molecule has 1 saturated heterocycles. The van der Waals surface area contributed by atoms with Crippen LogP contribution in [0.4, 0.5) is 5.69 Å². The van der Waals surface area contributed by atoms with Crippen molar-refractivity contribution >= 4 is 17.5 Å². The Hall–Kier alpha value is -1.84. The van der Waals surface area contributed by atoms with E-state index in [0.717, 1.165) is 11.3 Å². The van der Waals surface area contributed by atoms with E-state index in [-0.39, 0.29) is 18.2 Å². The molecule has 1 aliphatic heterocycles. The van der Waals surface area contributed by atoms with Crippen molar-refractivity contribution in [2.24, 2.45) is 0 Å². The quantitative estimate of drug-likeness (QED) is 0.732. The van der Waals surface area contributed by atoms with Crippen molar-refractivity contribution in [2.75, 3.05) is 5.32 Å². The largest absolute Gasteiger partial charge is 0.373 e. The Morgan fingerprint density at radius 2 is 2.06 bits per heavy atom. The Balaban J connectivity index is 2.15. The summed E-state index contributed by atoms with van der Waals surface area (Å²) >= 11 is 0. The van der Waals surface area contributed by atoms with Gasteiger partial charge in [0.25, 0.3) is 0 Å². The molecular formula is C12H14N2O2. The molecule has 0 radical (unpaired) electrons. The highest BCUT2D eigenvalue weighted by molar-refractivity contribution is 6.06. The van der Waals surface area contributed by atoms with Gasteiger partial charge < -0.3 is 5.32 Å². The first-order chi connectivity index (χ1) is 7.56. The molecule has 1 aromatic rings. The van der Waals surface area contributed by atoms with Gasteiger partial charge >= 0.3 is 0 Å². The Morgan fingerprint density at radius 3 is 2.62 bits per heavy atom. The van der Waals surface area contributed by atoms with Crippen LogP contribution in [-0.2, 0) is 9.59 Å². The fourth-order valence-corrected chi connectivity index (χ4v) is 1.83. The van der Waals surface area contributed by atoms with Gasteiger partial charge in [0, 0.05) is 5.69 Å². The minimum atomic E-state index is -0.436. The van der Waals surface area contributed by atoms with Gasteiger partial charge in [-0.1, -0.05) is 17.7 Å². The van der Waals surface area contributed by atoms with E-state index in [4.69, 9.17) is 0 Å². The first-order valence-electron chi connectivity index (χ1n) is 5.24. The molecule has 4 heteroatoms. The van der Waals surface area contributed by atoms with Crippen LogP contribution in [0.15, 0.2) is 18.2 Å². The maximum absolute atomic E-state index is 11.4. The third kappa shape index (κ3) is 2.05. The second kappa shape index (κ2) is 3.96. The third-order valence-corrected chi connectivity index (χ3v) is 2.68. The van der Waals surface area contributed by atoms with Crippen molar-refractivity contribution < 1.29 is 9.59 Å². The number of rotatable bonds is 2. The summed E-state index contributed by atoms with van der Waals surface area (Å²) in [6.07, 6.45) is 0.214. The summed E-state index contributed by atoms with van der Waals surface area (Å²) in [6, 6.07) is 5.51. The number of anilines is 1. The van der Waals surface area contributed by atoms with Crippen LogP contribution >= 0.6 is 0 Å². The van der Waals surface area contributed by atoms with E-state index in [1.807, 2.05) is 32.0 Å². The molecule has 1 fully saturated rings. The number of nitrogens with one attached hydrogen (secondary N) is 2. The Bertz CT molecular complexity index is 454. The number of imide groups is 1. The van der Waals surface area contributed by atoms with Crippen LogP contribution in [-0.4, -0.2) is 17.9 Å². The fourth-order valence-electron chi connectivity index (χ4n) is 1.83. The highest BCUT2D eigenvalue weighted by Gasteiger charge is 2.30. The molecule has 16 heavy (non-hydrogen) atoms. The lowest BCUT2D eigenvalue weighted by Gasteiger charge is -2.13. The van der Waals surface area contributed by atoms with Gasteiger partial charge in [-0.25, -0.2) is 0 Å². The summed E-state index contributed by atoms with van der Waals surface area (Å²) < 4.78 is 0. The predicted molar refractivity (Wildman–Crippen MR) is 61.1 cm³/mol. The highest BCUT2D eigenvalue weighted by atomic mass is 16.2. The number of carbonyl (C=O) groups excluding carboxylic acids is 2. The van der Waals surface area contributed by atoms with Crippen molar-refractivity contribution in [2.45, 2.75) is 26.3 Å². The molecule has 1 aliphatic rings. The van der Waals surface area contributed by atoms with E-state index in [0.29, 0.717) is 0 Å². The minimum Gasteiger partial charge on any atom is -0.373 e. The zero-order valence-electron chi connectivity index (χ0n) is 9.33. The van der Waals surface area contributed by atoms with Crippen LogP contribution < -0.4 is 10.6 Å². The van der Waals surface area contributed by atoms with Crippen molar-refractivity contribution in [1.82, 2.24) is 5.32 Å². The van der Waals surface area contributed by atoms with Crippen molar-refractivity contribution in [1.29, 1.82) is 0 Å². The second-order valence-electron chi connectivity index (χ2n) is 4.13.